The Morgan fingerprint density at radius 2 is 2.10 bits per heavy atom. The van der Waals surface area contributed by atoms with Gasteiger partial charge in [0.15, 0.2) is 0 Å². The van der Waals surface area contributed by atoms with E-state index in [0.717, 1.165) is 19.3 Å². The molecule has 1 aliphatic carbocycles. The van der Waals surface area contributed by atoms with Crippen LogP contribution in [0.1, 0.15) is 25.7 Å². The maximum Gasteiger partial charge on any atom is 0.223 e. The largest absolute Gasteiger partial charge is 0.493 e. The fourth-order valence-electron chi connectivity index (χ4n) is 2.52. The molecule has 0 spiro atoms. The van der Waals surface area contributed by atoms with Gasteiger partial charge < -0.3 is 15.2 Å². The van der Waals surface area contributed by atoms with E-state index in [1.54, 1.807) is 0 Å². The van der Waals surface area contributed by atoms with Gasteiger partial charge in [0, 0.05) is 18.6 Å². The van der Waals surface area contributed by atoms with Crippen LogP contribution < -0.4 is 10.1 Å². The van der Waals surface area contributed by atoms with Crippen LogP contribution in [-0.2, 0) is 4.79 Å². The van der Waals surface area contributed by atoms with Crippen LogP contribution in [0.25, 0.3) is 0 Å². The van der Waals surface area contributed by atoms with Gasteiger partial charge in [0.05, 0.1) is 13.0 Å². The SMILES string of the molecule is O=C(CCOc1ccc(F)cc1)NC1CCCC1CO. The zero-order valence-electron chi connectivity index (χ0n) is 11.3. The number of hydrogen-bond acceptors (Lipinski definition) is 3. The third kappa shape index (κ3) is 4.20. The average Bonchev–Trinajstić information content (AvgIpc) is 2.88. The number of carbonyl (C=O) groups excluding carboxylic acids is 1. The number of amides is 1. The van der Waals surface area contributed by atoms with Crippen molar-refractivity contribution in [3.05, 3.63) is 30.1 Å². The van der Waals surface area contributed by atoms with Crippen LogP contribution in [0, 0.1) is 11.7 Å². The molecule has 1 aromatic carbocycles. The quantitative estimate of drug-likeness (QED) is 0.837. The second-order valence-corrected chi connectivity index (χ2v) is 5.10. The first kappa shape index (κ1) is 14.8. The number of hydrogen-bond donors (Lipinski definition) is 2. The predicted molar refractivity (Wildman–Crippen MR) is 72.9 cm³/mol. The highest BCUT2D eigenvalue weighted by Gasteiger charge is 2.27. The molecular formula is C15H20FNO3. The van der Waals surface area contributed by atoms with Gasteiger partial charge in [-0.3, -0.25) is 4.79 Å². The van der Waals surface area contributed by atoms with Gasteiger partial charge in [0.1, 0.15) is 11.6 Å². The highest BCUT2D eigenvalue weighted by Crippen LogP contribution is 2.25. The Kier molecular flexibility index (Phi) is 5.35. The molecule has 0 radical (unpaired) electrons. The maximum atomic E-state index is 12.7. The molecule has 1 amide bonds. The molecule has 0 heterocycles. The fourth-order valence-corrected chi connectivity index (χ4v) is 2.52. The van der Waals surface area contributed by atoms with Crippen LogP contribution in [0.4, 0.5) is 4.39 Å². The van der Waals surface area contributed by atoms with Crippen molar-refractivity contribution in [1.82, 2.24) is 5.32 Å². The van der Waals surface area contributed by atoms with Crippen molar-refractivity contribution in [2.45, 2.75) is 31.7 Å². The third-order valence-corrected chi connectivity index (χ3v) is 3.65. The van der Waals surface area contributed by atoms with Crippen molar-refractivity contribution in [3.63, 3.8) is 0 Å². The minimum Gasteiger partial charge on any atom is -0.493 e. The Hall–Kier alpha value is -1.62. The summed E-state index contributed by atoms with van der Waals surface area (Å²) in [5.74, 6) is 0.342. The second-order valence-electron chi connectivity index (χ2n) is 5.10. The molecule has 20 heavy (non-hydrogen) atoms. The number of nitrogens with one attached hydrogen (secondary N) is 1. The molecule has 2 atom stereocenters. The van der Waals surface area contributed by atoms with E-state index >= 15 is 0 Å². The molecular weight excluding hydrogens is 261 g/mol. The van der Waals surface area contributed by atoms with Gasteiger partial charge in [0.2, 0.25) is 5.91 Å². The van der Waals surface area contributed by atoms with Crippen LogP contribution in [0.2, 0.25) is 0 Å². The molecule has 5 heteroatoms. The summed E-state index contributed by atoms with van der Waals surface area (Å²) in [6, 6.07) is 5.79. The number of halogens is 1. The molecule has 2 N–H and O–H groups in total. The van der Waals surface area contributed by atoms with E-state index in [0.29, 0.717) is 5.75 Å². The summed E-state index contributed by atoms with van der Waals surface area (Å²) >= 11 is 0. The first-order valence-corrected chi connectivity index (χ1v) is 6.97. The first-order valence-electron chi connectivity index (χ1n) is 6.97. The lowest BCUT2D eigenvalue weighted by Gasteiger charge is -2.19. The summed E-state index contributed by atoms with van der Waals surface area (Å²) in [4.78, 5) is 11.8. The summed E-state index contributed by atoms with van der Waals surface area (Å²) in [7, 11) is 0. The van der Waals surface area contributed by atoms with Crippen molar-refractivity contribution in [2.75, 3.05) is 13.2 Å². The summed E-state index contributed by atoms with van der Waals surface area (Å²) in [6.07, 6.45) is 3.19. The molecule has 0 bridgehead atoms. The summed E-state index contributed by atoms with van der Waals surface area (Å²) in [6.45, 7) is 0.380. The standard InChI is InChI=1S/C15H20FNO3/c16-12-4-6-13(7-5-12)20-9-8-15(19)17-14-3-1-2-11(14)10-18/h4-7,11,14,18H,1-3,8-10H2,(H,17,19). The highest BCUT2D eigenvalue weighted by molar-refractivity contribution is 5.76. The maximum absolute atomic E-state index is 12.7. The third-order valence-electron chi connectivity index (χ3n) is 3.65. The first-order chi connectivity index (χ1) is 9.69. The van der Waals surface area contributed by atoms with Crippen LogP contribution in [0.5, 0.6) is 5.75 Å². The normalized spacial score (nSPS) is 21.7. The van der Waals surface area contributed by atoms with E-state index in [-0.39, 0.29) is 43.3 Å². The van der Waals surface area contributed by atoms with E-state index in [2.05, 4.69) is 5.32 Å². The van der Waals surface area contributed by atoms with Gasteiger partial charge in [-0.15, -0.1) is 0 Å². The molecule has 1 aliphatic rings. The number of aliphatic hydroxyl groups is 1. The van der Waals surface area contributed by atoms with Crippen LogP contribution in [0.15, 0.2) is 24.3 Å². The van der Waals surface area contributed by atoms with Gasteiger partial charge in [-0.25, -0.2) is 4.39 Å². The van der Waals surface area contributed by atoms with Gasteiger partial charge >= 0.3 is 0 Å². The van der Waals surface area contributed by atoms with Gasteiger partial charge in [-0.1, -0.05) is 6.42 Å². The average molecular weight is 281 g/mol. The molecule has 2 unspecified atom stereocenters. The molecule has 0 aliphatic heterocycles. The fraction of sp³-hybridized carbons (Fsp3) is 0.533. The van der Waals surface area contributed by atoms with Crippen LogP contribution in [0.3, 0.4) is 0 Å². The van der Waals surface area contributed by atoms with Crippen LogP contribution in [-0.4, -0.2) is 30.3 Å². The smallest absolute Gasteiger partial charge is 0.223 e. The van der Waals surface area contributed by atoms with E-state index < -0.39 is 0 Å². The van der Waals surface area contributed by atoms with Crippen molar-refractivity contribution >= 4 is 5.91 Å². The summed E-state index contributed by atoms with van der Waals surface area (Å²) < 4.78 is 18.1. The van der Waals surface area contributed by atoms with Gasteiger partial charge in [-0.2, -0.15) is 0 Å². The summed E-state index contributed by atoms with van der Waals surface area (Å²) in [5, 5.41) is 12.1. The minimum absolute atomic E-state index is 0.0718. The topological polar surface area (TPSA) is 58.6 Å². The number of rotatable bonds is 6. The monoisotopic (exact) mass is 281 g/mol. The lowest BCUT2D eigenvalue weighted by atomic mass is 10.1. The lowest BCUT2D eigenvalue weighted by Crippen LogP contribution is -2.39. The minimum atomic E-state index is -0.314. The Morgan fingerprint density at radius 1 is 1.35 bits per heavy atom. The van der Waals surface area contributed by atoms with E-state index in [1.165, 1.54) is 24.3 Å². The lowest BCUT2D eigenvalue weighted by molar-refractivity contribution is -0.122. The van der Waals surface area contributed by atoms with E-state index in [9.17, 15) is 14.3 Å². The molecule has 1 fully saturated rings. The Morgan fingerprint density at radius 3 is 2.80 bits per heavy atom. The van der Waals surface area contributed by atoms with Crippen molar-refractivity contribution in [2.24, 2.45) is 5.92 Å². The van der Waals surface area contributed by atoms with E-state index in [1.807, 2.05) is 0 Å². The van der Waals surface area contributed by atoms with Gasteiger partial charge in [-0.05, 0) is 37.1 Å². The number of benzene rings is 1. The van der Waals surface area contributed by atoms with Crippen molar-refractivity contribution in [1.29, 1.82) is 0 Å². The molecule has 0 saturated heterocycles. The van der Waals surface area contributed by atoms with E-state index in [4.69, 9.17) is 4.74 Å². The number of ether oxygens (including phenoxy) is 1. The Balaban J connectivity index is 1.68. The molecule has 110 valence electrons. The molecule has 0 aromatic heterocycles. The zero-order chi connectivity index (χ0) is 14.4. The molecule has 1 aromatic rings. The highest BCUT2D eigenvalue weighted by atomic mass is 19.1. The predicted octanol–water partition coefficient (Wildman–Crippen LogP) is 1.87. The van der Waals surface area contributed by atoms with Crippen molar-refractivity contribution < 1.29 is 19.0 Å². The second kappa shape index (κ2) is 7.24. The number of carbonyl (C=O) groups is 1. The zero-order valence-corrected chi connectivity index (χ0v) is 11.3. The molecule has 1 saturated carbocycles. The van der Waals surface area contributed by atoms with Crippen molar-refractivity contribution in [3.8, 4) is 5.75 Å². The Bertz CT molecular complexity index is 435. The Labute approximate surface area is 117 Å². The van der Waals surface area contributed by atoms with Gasteiger partial charge in [0.25, 0.3) is 0 Å². The van der Waals surface area contributed by atoms with Crippen LogP contribution >= 0.6 is 0 Å². The molecule has 2 rings (SSSR count). The number of aliphatic hydroxyl groups excluding tert-OH is 1. The summed E-state index contributed by atoms with van der Waals surface area (Å²) in [5.41, 5.74) is 0. The molecule has 4 nitrogen and oxygen atoms in total.